The van der Waals surface area contributed by atoms with E-state index in [0.717, 1.165) is 18.2 Å². The quantitative estimate of drug-likeness (QED) is 0.648. The first-order valence-electron chi connectivity index (χ1n) is 9.30. The van der Waals surface area contributed by atoms with E-state index in [9.17, 15) is 13.2 Å². The molecule has 0 heterocycles. The van der Waals surface area contributed by atoms with E-state index in [1.165, 1.54) is 9.87 Å². The number of carbonyl (C=O) groups is 1. The fraction of sp³-hybridized carbons (Fsp3) is 0.381. The number of aryl methyl sites for hydroxylation is 1. The summed E-state index contributed by atoms with van der Waals surface area (Å²) in [5, 5.41) is 3.50. The molecule has 0 spiro atoms. The minimum atomic E-state index is -3.46. The predicted octanol–water partition coefficient (Wildman–Crippen LogP) is 4.46. The second-order valence-corrected chi connectivity index (χ2v) is 9.20. The van der Waals surface area contributed by atoms with Crippen molar-refractivity contribution < 1.29 is 13.2 Å². The second kappa shape index (κ2) is 9.94. The van der Waals surface area contributed by atoms with Crippen LogP contribution in [0.3, 0.4) is 0 Å². The van der Waals surface area contributed by atoms with E-state index in [4.69, 9.17) is 11.6 Å². The molecule has 0 aliphatic rings. The average molecular weight is 423 g/mol. The van der Waals surface area contributed by atoms with Crippen molar-refractivity contribution in [3.63, 3.8) is 0 Å². The topological polar surface area (TPSA) is 66.5 Å². The number of carbonyl (C=O) groups excluding carboxylic acids is 1. The molecule has 0 radical (unpaired) electrons. The normalized spacial score (nSPS) is 12.4. The number of benzene rings is 2. The molecule has 0 aromatic heterocycles. The van der Waals surface area contributed by atoms with Gasteiger partial charge in [0.15, 0.2) is 0 Å². The van der Waals surface area contributed by atoms with Crippen LogP contribution in [-0.4, -0.2) is 27.1 Å². The predicted molar refractivity (Wildman–Crippen MR) is 115 cm³/mol. The highest BCUT2D eigenvalue weighted by Crippen LogP contribution is 2.22. The molecule has 1 N–H and O–H groups in total. The Labute approximate surface area is 172 Å². The van der Waals surface area contributed by atoms with Gasteiger partial charge in [-0.1, -0.05) is 54.4 Å². The highest BCUT2D eigenvalue weighted by molar-refractivity contribution is 7.92. The van der Waals surface area contributed by atoms with Gasteiger partial charge in [0.1, 0.15) is 0 Å². The van der Waals surface area contributed by atoms with Gasteiger partial charge in [0.05, 0.1) is 18.0 Å². The van der Waals surface area contributed by atoms with E-state index in [-0.39, 0.29) is 24.9 Å². The van der Waals surface area contributed by atoms with Gasteiger partial charge >= 0.3 is 0 Å². The SMILES string of the molecule is CCC(NC(=O)CCCN(c1cccc(Cl)c1)S(C)(=O)=O)c1ccc(C)cc1. The lowest BCUT2D eigenvalue weighted by molar-refractivity contribution is -0.121. The first-order chi connectivity index (χ1) is 13.2. The minimum Gasteiger partial charge on any atom is -0.349 e. The van der Waals surface area contributed by atoms with Crippen LogP contribution in [0.25, 0.3) is 0 Å². The average Bonchev–Trinajstić information content (AvgIpc) is 2.63. The molecule has 28 heavy (non-hydrogen) atoms. The van der Waals surface area contributed by atoms with Crippen LogP contribution < -0.4 is 9.62 Å². The number of anilines is 1. The molecule has 1 atom stereocenters. The Morgan fingerprint density at radius 2 is 1.86 bits per heavy atom. The second-order valence-electron chi connectivity index (χ2n) is 6.86. The summed E-state index contributed by atoms with van der Waals surface area (Å²) in [4.78, 5) is 12.4. The van der Waals surface area contributed by atoms with Gasteiger partial charge < -0.3 is 5.32 Å². The van der Waals surface area contributed by atoms with Crippen LogP contribution in [-0.2, 0) is 14.8 Å². The van der Waals surface area contributed by atoms with Crippen molar-refractivity contribution in [2.75, 3.05) is 17.1 Å². The van der Waals surface area contributed by atoms with E-state index < -0.39 is 10.0 Å². The summed E-state index contributed by atoms with van der Waals surface area (Å²) >= 11 is 5.98. The molecule has 1 amide bonds. The molecule has 1 unspecified atom stereocenters. The Morgan fingerprint density at radius 3 is 2.43 bits per heavy atom. The van der Waals surface area contributed by atoms with Crippen LogP contribution in [0.2, 0.25) is 5.02 Å². The van der Waals surface area contributed by atoms with Crippen LogP contribution in [0.15, 0.2) is 48.5 Å². The third-order valence-corrected chi connectivity index (χ3v) is 5.91. The summed E-state index contributed by atoms with van der Waals surface area (Å²) < 4.78 is 25.6. The monoisotopic (exact) mass is 422 g/mol. The van der Waals surface area contributed by atoms with Crippen molar-refractivity contribution in [3.8, 4) is 0 Å². The smallest absolute Gasteiger partial charge is 0.232 e. The van der Waals surface area contributed by atoms with E-state index in [2.05, 4.69) is 5.32 Å². The van der Waals surface area contributed by atoms with Gasteiger partial charge in [0.25, 0.3) is 0 Å². The van der Waals surface area contributed by atoms with Crippen molar-refractivity contribution >= 4 is 33.2 Å². The molecule has 0 saturated carbocycles. The fourth-order valence-corrected chi connectivity index (χ4v) is 4.13. The molecule has 7 heteroatoms. The summed E-state index contributed by atoms with van der Waals surface area (Å²) in [6.45, 7) is 4.26. The molecule has 0 aliphatic heterocycles. The maximum Gasteiger partial charge on any atom is 0.232 e. The number of hydrogen-bond donors (Lipinski definition) is 1. The number of hydrogen-bond acceptors (Lipinski definition) is 3. The molecule has 2 rings (SSSR count). The molecule has 2 aromatic rings. The van der Waals surface area contributed by atoms with Crippen molar-refractivity contribution in [1.29, 1.82) is 0 Å². The Balaban J connectivity index is 1.96. The Morgan fingerprint density at radius 1 is 1.18 bits per heavy atom. The van der Waals surface area contributed by atoms with Crippen molar-refractivity contribution in [2.24, 2.45) is 0 Å². The van der Waals surface area contributed by atoms with E-state index in [1.807, 2.05) is 38.1 Å². The van der Waals surface area contributed by atoms with E-state index >= 15 is 0 Å². The first kappa shape index (κ1) is 22.2. The lowest BCUT2D eigenvalue weighted by Crippen LogP contribution is -2.33. The molecule has 2 aromatic carbocycles. The first-order valence-corrected chi connectivity index (χ1v) is 11.5. The fourth-order valence-electron chi connectivity index (χ4n) is 2.99. The van der Waals surface area contributed by atoms with Gasteiger partial charge in [-0.2, -0.15) is 0 Å². The van der Waals surface area contributed by atoms with Crippen molar-refractivity contribution in [3.05, 3.63) is 64.7 Å². The van der Waals surface area contributed by atoms with Crippen LogP contribution in [0.1, 0.15) is 43.4 Å². The lowest BCUT2D eigenvalue weighted by Gasteiger charge is -2.23. The summed E-state index contributed by atoms with van der Waals surface area (Å²) in [7, 11) is -3.46. The van der Waals surface area contributed by atoms with Gasteiger partial charge in [-0.25, -0.2) is 8.42 Å². The van der Waals surface area contributed by atoms with Gasteiger partial charge in [0, 0.05) is 18.0 Å². The third-order valence-electron chi connectivity index (χ3n) is 4.48. The van der Waals surface area contributed by atoms with Crippen molar-refractivity contribution in [1.82, 2.24) is 5.32 Å². The lowest BCUT2D eigenvalue weighted by atomic mass is 10.0. The van der Waals surface area contributed by atoms with E-state index in [1.54, 1.807) is 24.3 Å². The zero-order valence-electron chi connectivity index (χ0n) is 16.5. The number of amides is 1. The Kier molecular flexibility index (Phi) is 7.89. The highest BCUT2D eigenvalue weighted by atomic mass is 35.5. The molecule has 5 nitrogen and oxygen atoms in total. The summed E-state index contributed by atoms with van der Waals surface area (Å²) in [6, 6.07) is 14.7. The summed E-state index contributed by atoms with van der Waals surface area (Å²) in [5.74, 6) is -0.0908. The summed E-state index contributed by atoms with van der Waals surface area (Å²) in [5.41, 5.74) is 2.74. The largest absolute Gasteiger partial charge is 0.349 e. The van der Waals surface area contributed by atoms with Crippen LogP contribution in [0.4, 0.5) is 5.69 Å². The van der Waals surface area contributed by atoms with Crippen LogP contribution in [0, 0.1) is 6.92 Å². The molecule has 152 valence electrons. The Bertz CT molecular complexity index is 898. The van der Waals surface area contributed by atoms with Gasteiger partial charge in [-0.3, -0.25) is 9.10 Å². The van der Waals surface area contributed by atoms with Gasteiger partial charge in [-0.15, -0.1) is 0 Å². The minimum absolute atomic E-state index is 0.0490. The molecule has 0 saturated heterocycles. The maximum atomic E-state index is 12.4. The van der Waals surface area contributed by atoms with Crippen molar-refractivity contribution in [2.45, 2.75) is 39.2 Å². The summed E-state index contributed by atoms with van der Waals surface area (Å²) in [6.07, 6.45) is 2.59. The third kappa shape index (κ3) is 6.53. The number of nitrogens with one attached hydrogen (secondary N) is 1. The van der Waals surface area contributed by atoms with Gasteiger partial charge in [-0.05, 0) is 43.5 Å². The van der Waals surface area contributed by atoms with Crippen LogP contribution in [0.5, 0.6) is 0 Å². The maximum absolute atomic E-state index is 12.4. The number of halogens is 1. The Hall–Kier alpha value is -2.05. The number of nitrogens with zero attached hydrogens (tertiary/aromatic N) is 1. The molecule has 0 bridgehead atoms. The van der Waals surface area contributed by atoms with Crippen LogP contribution >= 0.6 is 11.6 Å². The highest BCUT2D eigenvalue weighted by Gasteiger charge is 2.18. The standard InChI is InChI=1S/C21H27ClN2O3S/c1-4-20(17-12-10-16(2)11-13-17)23-21(25)9-6-14-24(28(3,26)27)19-8-5-7-18(22)15-19/h5,7-8,10-13,15,20H,4,6,9,14H2,1-3H3,(H,23,25). The zero-order chi connectivity index (χ0) is 20.7. The molecular weight excluding hydrogens is 396 g/mol. The molecule has 0 fully saturated rings. The zero-order valence-corrected chi connectivity index (χ0v) is 18.1. The number of rotatable bonds is 9. The number of sulfonamides is 1. The molecule has 0 aliphatic carbocycles. The van der Waals surface area contributed by atoms with Gasteiger partial charge in [0.2, 0.25) is 15.9 Å². The van der Waals surface area contributed by atoms with E-state index in [0.29, 0.717) is 17.1 Å². The molecular formula is C21H27ClN2O3S.